The van der Waals surface area contributed by atoms with Gasteiger partial charge >= 0.3 is 6.03 Å². The van der Waals surface area contributed by atoms with E-state index in [1.54, 1.807) is 22.2 Å². The highest BCUT2D eigenvalue weighted by Crippen LogP contribution is 2.41. The van der Waals surface area contributed by atoms with Crippen molar-refractivity contribution in [3.05, 3.63) is 29.0 Å². The van der Waals surface area contributed by atoms with Crippen LogP contribution in [-0.4, -0.2) is 39.9 Å². The van der Waals surface area contributed by atoms with Crippen LogP contribution in [0.1, 0.15) is 30.3 Å². The summed E-state index contributed by atoms with van der Waals surface area (Å²) in [5.74, 6) is 0.539. The number of rotatable bonds is 5. The molecule has 24 heavy (non-hydrogen) atoms. The number of hydrogen-bond donors (Lipinski definition) is 2. The number of nitrogens with one attached hydrogen (secondary N) is 2. The lowest BCUT2D eigenvalue weighted by Gasteiger charge is -2.20. The third kappa shape index (κ3) is 3.38. The number of thiazole rings is 1. The molecule has 4 rings (SSSR count). The van der Waals surface area contributed by atoms with Gasteiger partial charge in [0.1, 0.15) is 5.01 Å². The van der Waals surface area contributed by atoms with E-state index in [1.807, 2.05) is 24.8 Å². The fourth-order valence-electron chi connectivity index (χ4n) is 3.25. The Kier molecular flexibility index (Phi) is 4.13. The average molecular weight is 346 g/mol. The van der Waals surface area contributed by atoms with E-state index in [0.29, 0.717) is 5.92 Å². The minimum Gasteiger partial charge on any atom is -0.367 e. The maximum atomic E-state index is 12.4. The van der Waals surface area contributed by atoms with E-state index in [4.69, 9.17) is 0 Å². The maximum Gasteiger partial charge on any atom is 0.315 e. The molecule has 2 N–H and O–H groups in total. The normalized spacial score (nSPS) is 21.7. The van der Waals surface area contributed by atoms with Crippen molar-refractivity contribution in [1.82, 2.24) is 25.4 Å². The van der Waals surface area contributed by atoms with E-state index < -0.39 is 0 Å². The highest BCUT2D eigenvalue weighted by atomic mass is 32.1. The standard InChI is InChI=1S/C16H22N6OS/c1-21-10-13(8-18-21)22-6-4-12(9-22)19-16(23)20-14(11-2-3-11)15-17-5-7-24-15/h5,7-8,10-12,14H,2-4,6,9H2,1H3,(H2,19,20,23). The smallest absolute Gasteiger partial charge is 0.315 e. The summed E-state index contributed by atoms with van der Waals surface area (Å²) in [5.41, 5.74) is 1.11. The molecule has 1 aliphatic heterocycles. The van der Waals surface area contributed by atoms with Crippen LogP contribution in [0.4, 0.5) is 10.5 Å². The molecule has 2 aliphatic rings. The van der Waals surface area contributed by atoms with Gasteiger partial charge < -0.3 is 15.5 Å². The Morgan fingerprint density at radius 1 is 1.42 bits per heavy atom. The molecule has 2 atom stereocenters. The minimum absolute atomic E-state index is 0.0563. The molecule has 1 aliphatic carbocycles. The summed E-state index contributed by atoms with van der Waals surface area (Å²) in [5, 5.41) is 13.4. The summed E-state index contributed by atoms with van der Waals surface area (Å²) in [7, 11) is 1.92. The van der Waals surface area contributed by atoms with Crippen LogP contribution in [0, 0.1) is 5.92 Å². The van der Waals surface area contributed by atoms with Crippen molar-refractivity contribution in [3.63, 3.8) is 0 Å². The van der Waals surface area contributed by atoms with Gasteiger partial charge in [0.05, 0.1) is 17.9 Å². The molecule has 0 radical (unpaired) electrons. The second kappa shape index (κ2) is 6.43. The van der Waals surface area contributed by atoms with Crippen molar-refractivity contribution in [3.8, 4) is 0 Å². The molecule has 8 heteroatoms. The maximum absolute atomic E-state index is 12.4. The molecule has 1 saturated heterocycles. The Bertz CT molecular complexity index is 695. The molecule has 1 saturated carbocycles. The lowest BCUT2D eigenvalue weighted by molar-refractivity contribution is 0.232. The van der Waals surface area contributed by atoms with Crippen molar-refractivity contribution in [2.75, 3.05) is 18.0 Å². The van der Waals surface area contributed by atoms with Crippen LogP contribution >= 0.6 is 11.3 Å². The summed E-state index contributed by atoms with van der Waals surface area (Å²) in [6, 6.07) is 0.141. The van der Waals surface area contributed by atoms with Crippen molar-refractivity contribution >= 4 is 23.1 Å². The quantitative estimate of drug-likeness (QED) is 0.867. The van der Waals surface area contributed by atoms with E-state index >= 15 is 0 Å². The number of urea groups is 1. The number of carbonyl (C=O) groups excluding carboxylic acids is 1. The van der Waals surface area contributed by atoms with Gasteiger partial charge in [0.2, 0.25) is 0 Å². The molecule has 2 aromatic heterocycles. The van der Waals surface area contributed by atoms with Crippen molar-refractivity contribution in [2.45, 2.75) is 31.3 Å². The highest BCUT2D eigenvalue weighted by molar-refractivity contribution is 7.09. The second-order valence-electron chi connectivity index (χ2n) is 6.61. The van der Waals surface area contributed by atoms with Crippen molar-refractivity contribution < 1.29 is 4.79 Å². The summed E-state index contributed by atoms with van der Waals surface area (Å²) >= 11 is 1.61. The molecular weight excluding hydrogens is 324 g/mol. The van der Waals surface area contributed by atoms with Gasteiger partial charge in [-0.1, -0.05) is 0 Å². The molecule has 0 bridgehead atoms. The molecular formula is C16H22N6OS. The summed E-state index contributed by atoms with van der Waals surface area (Å²) in [6.07, 6.45) is 8.97. The number of carbonyl (C=O) groups is 1. The Hall–Kier alpha value is -2.09. The predicted octanol–water partition coefficient (Wildman–Crippen LogP) is 1.91. The summed E-state index contributed by atoms with van der Waals surface area (Å²) < 4.78 is 1.80. The SMILES string of the molecule is Cn1cc(N2CCC(NC(=O)NC(c3nccs3)C3CC3)C2)cn1. The first-order valence-corrected chi connectivity index (χ1v) is 9.27. The number of nitrogens with zero attached hydrogens (tertiary/aromatic N) is 4. The topological polar surface area (TPSA) is 75.1 Å². The van der Waals surface area contributed by atoms with Crippen LogP contribution in [0.2, 0.25) is 0 Å². The van der Waals surface area contributed by atoms with Crippen LogP contribution in [0.3, 0.4) is 0 Å². The van der Waals surface area contributed by atoms with Gasteiger partial charge in [-0.25, -0.2) is 9.78 Å². The van der Waals surface area contributed by atoms with Crippen molar-refractivity contribution in [1.29, 1.82) is 0 Å². The second-order valence-corrected chi connectivity index (χ2v) is 7.53. The molecule has 0 aromatic carbocycles. The van der Waals surface area contributed by atoms with Gasteiger partial charge in [-0.05, 0) is 25.2 Å². The Balaban J connectivity index is 1.31. The lowest BCUT2D eigenvalue weighted by atomic mass is 10.2. The fourth-order valence-corrected chi connectivity index (χ4v) is 4.03. The van der Waals surface area contributed by atoms with Gasteiger partial charge in [-0.15, -0.1) is 11.3 Å². The lowest BCUT2D eigenvalue weighted by Crippen LogP contribution is -2.45. The average Bonchev–Trinajstić information content (AvgIpc) is 2.95. The number of anilines is 1. The van der Waals surface area contributed by atoms with Gasteiger partial charge in [-0.3, -0.25) is 4.68 Å². The zero-order valence-electron chi connectivity index (χ0n) is 13.7. The molecule has 0 spiro atoms. The van der Waals surface area contributed by atoms with E-state index in [9.17, 15) is 4.79 Å². The highest BCUT2D eigenvalue weighted by Gasteiger charge is 2.35. The number of aromatic nitrogens is 3. The minimum atomic E-state index is -0.0832. The van der Waals surface area contributed by atoms with Crippen LogP contribution < -0.4 is 15.5 Å². The van der Waals surface area contributed by atoms with Crippen molar-refractivity contribution in [2.24, 2.45) is 13.0 Å². The molecule has 128 valence electrons. The van der Waals surface area contributed by atoms with E-state index in [2.05, 4.69) is 25.6 Å². The molecule has 2 amide bonds. The summed E-state index contributed by atoms with van der Waals surface area (Å²) in [4.78, 5) is 19.0. The van der Waals surface area contributed by atoms with Crippen LogP contribution in [-0.2, 0) is 7.05 Å². The van der Waals surface area contributed by atoms with E-state index in [-0.39, 0.29) is 18.1 Å². The zero-order valence-corrected chi connectivity index (χ0v) is 14.5. The number of aryl methyl sites for hydroxylation is 1. The number of amides is 2. The van der Waals surface area contributed by atoms with Gasteiger partial charge in [0.15, 0.2) is 0 Å². The molecule has 2 aromatic rings. The first-order valence-electron chi connectivity index (χ1n) is 8.39. The van der Waals surface area contributed by atoms with Crippen LogP contribution in [0.25, 0.3) is 0 Å². The summed E-state index contributed by atoms with van der Waals surface area (Å²) in [6.45, 7) is 1.76. The van der Waals surface area contributed by atoms with Crippen LogP contribution in [0.15, 0.2) is 24.0 Å². The first kappa shape index (κ1) is 15.4. The largest absolute Gasteiger partial charge is 0.367 e. The third-order valence-corrected chi connectivity index (χ3v) is 5.54. The Morgan fingerprint density at radius 3 is 2.96 bits per heavy atom. The molecule has 3 heterocycles. The molecule has 7 nitrogen and oxygen atoms in total. The monoisotopic (exact) mass is 346 g/mol. The predicted molar refractivity (Wildman–Crippen MR) is 93.1 cm³/mol. The Labute approximate surface area is 145 Å². The van der Waals surface area contributed by atoms with Crippen LogP contribution in [0.5, 0.6) is 0 Å². The van der Waals surface area contributed by atoms with Gasteiger partial charge in [0.25, 0.3) is 0 Å². The van der Waals surface area contributed by atoms with E-state index in [1.165, 1.54) is 12.8 Å². The third-order valence-electron chi connectivity index (χ3n) is 4.68. The zero-order chi connectivity index (χ0) is 16.5. The molecule has 2 unspecified atom stereocenters. The Morgan fingerprint density at radius 2 is 2.29 bits per heavy atom. The molecule has 2 fully saturated rings. The van der Waals surface area contributed by atoms with E-state index in [0.717, 1.165) is 30.2 Å². The van der Waals surface area contributed by atoms with Gasteiger partial charge in [0, 0.05) is 44.0 Å². The fraction of sp³-hybridized carbons (Fsp3) is 0.562. The first-order chi connectivity index (χ1) is 11.7. The van der Waals surface area contributed by atoms with Gasteiger partial charge in [-0.2, -0.15) is 5.10 Å². The number of hydrogen-bond acceptors (Lipinski definition) is 5.